The molecule has 0 radical (unpaired) electrons. The maximum Gasteiger partial charge on any atom is 0.317 e. The van der Waals surface area contributed by atoms with Gasteiger partial charge >= 0.3 is 5.97 Å². The Balaban J connectivity index is 1.79. The third kappa shape index (κ3) is 2.87. The molecule has 31 heavy (non-hydrogen) atoms. The monoisotopic (exact) mass is 438 g/mol. The number of ether oxygens (including phenoxy) is 2. The molecule has 0 fully saturated rings. The average molecular weight is 439 g/mol. The standard InChI is InChI=1S/C22H22N4O4S/c1-5-29-20(28)17-18-14-8-6-7-9-15(14)30-22(17,3)24-21-26(18)19(27)16(31-21)10-13-11-23-25(4)12(13)2/h6-11,17-18H,5H2,1-4H3/b16-10+/t17-,18+,22+/m1/s1. The van der Waals surface area contributed by atoms with E-state index in [-0.39, 0.29) is 12.2 Å². The number of para-hydroxylation sites is 1. The van der Waals surface area contributed by atoms with Crippen molar-refractivity contribution >= 4 is 23.4 Å². The number of rotatable bonds is 3. The van der Waals surface area contributed by atoms with E-state index in [2.05, 4.69) is 5.10 Å². The summed E-state index contributed by atoms with van der Waals surface area (Å²) in [5, 5.41) is 4.25. The summed E-state index contributed by atoms with van der Waals surface area (Å²) in [6.07, 6.45) is 3.56. The SMILES string of the molecule is CCOC(=O)[C@H]1[C@@H]2c3ccccc3O[C@]1(C)N=c1s/c(=C/c3cnn(C)c3C)c(=O)n12. The minimum absolute atomic E-state index is 0.190. The van der Waals surface area contributed by atoms with Crippen molar-refractivity contribution in [2.45, 2.75) is 32.5 Å². The van der Waals surface area contributed by atoms with Crippen LogP contribution in [0.15, 0.2) is 40.2 Å². The lowest BCUT2D eigenvalue weighted by Crippen LogP contribution is -2.58. The molecule has 5 rings (SSSR count). The molecular weight excluding hydrogens is 416 g/mol. The summed E-state index contributed by atoms with van der Waals surface area (Å²) in [6, 6.07) is 6.92. The predicted octanol–water partition coefficient (Wildman–Crippen LogP) is 1.29. The highest BCUT2D eigenvalue weighted by Gasteiger charge is 2.55. The Morgan fingerprint density at radius 1 is 1.39 bits per heavy atom. The van der Waals surface area contributed by atoms with Gasteiger partial charge in [0.15, 0.2) is 4.80 Å². The zero-order valence-electron chi connectivity index (χ0n) is 17.7. The van der Waals surface area contributed by atoms with Gasteiger partial charge in [-0.25, -0.2) is 4.99 Å². The van der Waals surface area contributed by atoms with E-state index < -0.39 is 23.7 Å². The van der Waals surface area contributed by atoms with Crippen molar-refractivity contribution in [3.05, 3.63) is 67.0 Å². The second-order valence-electron chi connectivity index (χ2n) is 7.86. The van der Waals surface area contributed by atoms with Gasteiger partial charge in [0.1, 0.15) is 11.7 Å². The maximum atomic E-state index is 13.5. The zero-order chi connectivity index (χ0) is 21.9. The van der Waals surface area contributed by atoms with Crippen molar-refractivity contribution in [1.82, 2.24) is 14.3 Å². The molecule has 3 atom stereocenters. The number of hydrogen-bond acceptors (Lipinski definition) is 7. The summed E-state index contributed by atoms with van der Waals surface area (Å²) < 4.78 is 15.5. The molecule has 0 aliphatic carbocycles. The lowest BCUT2D eigenvalue weighted by molar-refractivity contribution is -0.160. The topological polar surface area (TPSA) is 87.7 Å². The van der Waals surface area contributed by atoms with Gasteiger partial charge in [-0.15, -0.1) is 0 Å². The molecule has 2 aliphatic rings. The first-order valence-electron chi connectivity index (χ1n) is 10.1. The van der Waals surface area contributed by atoms with Gasteiger partial charge in [0.25, 0.3) is 5.56 Å². The molecule has 0 spiro atoms. The number of fused-ring (bicyclic) bond motifs is 6. The minimum atomic E-state index is -1.16. The third-order valence-electron chi connectivity index (χ3n) is 5.98. The summed E-state index contributed by atoms with van der Waals surface area (Å²) in [7, 11) is 1.86. The summed E-state index contributed by atoms with van der Waals surface area (Å²) in [6.45, 7) is 5.73. The van der Waals surface area contributed by atoms with Crippen LogP contribution in [0.5, 0.6) is 5.75 Å². The van der Waals surface area contributed by atoms with Crippen molar-refractivity contribution in [3.63, 3.8) is 0 Å². The predicted molar refractivity (Wildman–Crippen MR) is 115 cm³/mol. The molecule has 0 amide bonds. The van der Waals surface area contributed by atoms with Crippen LogP contribution in [0.3, 0.4) is 0 Å². The highest BCUT2D eigenvalue weighted by Crippen LogP contribution is 2.47. The Kier molecular flexibility index (Phi) is 4.40. The molecule has 0 unspecified atom stereocenters. The average Bonchev–Trinajstić information content (AvgIpc) is 3.20. The molecule has 2 aromatic heterocycles. The number of aromatic nitrogens is 3. The smallest absolute Gasteiger partial charge is 0.317 e. The second kappa shape index (κ2) is 6.91. The molecule has 0 saturated heterocycles. The summed E-state index contributed by atoms with van der Waals surface area (Å²) in [5.74, 6) is -0.572. The fourth-order valence-electron chi connectivity index (χ4n) is 4.33. The lowest BCUT2D eigenvalue weighted by atomic mass is 9.81. The van der Waals surface area contributed by atoms with E-state index in [0.29, 0.717) is 15.1 Å². The van der Waals surface area contributed by atoms with Crippen LogP contribution in [0, 0.1) is 12.8 Å². The Labute approximate surface area is 182 Å². The van der Waals surface area contributed by atoms with E-state index in [1.54, 1.807) is 29.3 Å². The molecular formula is C22H22N4O4S. The van der Waals surface area contributed by atoms with Crippen LogP contribution in [0.4, 0.5) is 0 Å². The fourth-order valence-corrected chi connectivity index (χ4v) is 5.42. The van der Waals surface area contributed by atoms with Crippen molar-refractivity contribution in [3.8, 4) is 5.75 Å². The van der Waals surface area contributed by atoms with E-state index in [4.69, 9.17) is 14.5 Å². The van der Waals surface area contributed by atoms with Crippen LogP contribution in [-0.4, -0.2) is 32.6 Å². The van der Waals surface area contributed by atoms with Crippen molar-refractivity contribution in [2.24, 2.45) is 18.0 Å². The van der Waals surface area contributed by atoms with Gasteiger partial charge in [-0.2, -0.15) is 5.10 Å². The van der Waals surface area contributed by atoms with Crippen LogP contribution in [-0.2, 0) is 16.6 Å². The molecule has 2 aliphatic heterocycles. The lowest BCUT2D eigenvalue weighted by Gasteiger charge is -2.44. The van der Waals surface area contributed by atoms with Gasteiger partial charge in [0.2, 0.25) is 5.72 Å². The number of hydrogen-bond donors (Lipinski definition) is 0. The highest BCUT2D eigenvalue weighted by atomic mass is 32.1. The molecule has 9 heteroatoms. The first-order chi connectivity index (χ1) is 14.8. The molecule has 160 valence electrons. The molecule has 4 heterocycles. The highest BCUT2D eigenvalue weighted by molar-refractivity contribution is 7.07. The normalized spacial score (nSPS) is 24.1. The molecule has 8 nitrogen and oxygen atoms in total. The fraction of sp³-hybridized carbons (Fsp3) is 0.364. The first kappa shape index (κ1) is 19.7. The quantitative estimate of drug-likeness (QED) is 0.575. The van der Waals surface area contributed by atoms with Crippen LogP contribution < -0.4 is 19.6 Å². The van der Waals surface area contributed by atoms with E-state index in [0.717, 1.165) is 16.8 Å². The number of carbonyl (C=O) groups is 1. The Bertz CT molecular complexity index is 1390. The Morgan fingerprint density at radius 2 is 2.16 bits per heavy atom. The number of esters is 1. The van der Waals surface area contributed by atoms with E-state index in [1.165, 1.54) is 11.3 Å². The molecule has 2 bridgehead atoms. The first-order valence-corrected chi connectivity index (χ1v) is 10.9. The van der Waals surface area contributed by atoms with Crippen LogP contribution >= 0.6 is 11.3 Å². The number of carbonyl (C=O) groups excluding carboxylic acids is 1. The molecule has 3 aromatic rings. The second-order valence-corrected chi connectivity index (χ2v) is 8.87. The summed E-state index contributed by atoms with van der Waals surface area (Å²) >= 11 is 1.29. The van der Waals surface area contributed by atoms with Gasteiger partial charge < -0.3 is 9.47 Å². The third-order valence-corrected chi connectivity index (χ3v) is 6.96. The van der Waals surface area contributed by atoms with Gasteiger partial charge in [0, 0.05) is 23.9 Å². The van der Waals surface area contributed by atoms with Gasteiger partial charge in [-0.1, -0.05) is 29.5 Å². The van der Waals surface area contributed by atoms with E-state index in [1.807, 2.05) is 44.3 Å². The van der Waals surface area contributed by atoms with Crippen molar-refractivity contribution in [1.29, 1.82) is 0 Å². The molecule has 0 saturated carbocycles. The van der Waals surface area contributed by atoms with Crippen molar-refractivity contribution in [2.75, 3.05) is 6.61 Å². The summed E-state index contributed by atoms with van der Waals surface area (Å²) in [5.41, 5.74) is 1.25. The number of aryl methyl sites for hydroxylation is 1. The van der Waals surface area contributed by atoms with Crippen LogP contribution in [0.2, 0.25) is 0 Å². The van der Waals surface area contributed by atoms with E-state index in [9.17, 15) is 9.59 Å². The number of benzene rings is 1. The summed E-state index contributed by atoms with van der Waals surface area (Å²) in [4.78, 5) is 31.8. The van der Waals surface area contributed by atoms with Gasteiger partial charge in [0.05, 0.1) is 23.4 Å². The van der Waals surface area contributed by atoms with Crippen molar-refractivity contribution < 1.29 is 14.3 Å². The Hall–Kier alpha value is -3.20. The van der Waals surface area contributed by atoms with Gasteiger partial charge in [-0.05, 0) is 32.9 Å². The number of thiazole rings is 1. The van der Waals surface area contributed by atoms with Gasteiger partial charge in [-0.3, -0.25) is 18.8 Å². The number of nitrogens with zero attached hydrogens (tertiary/aromatic N) is 4. The molecule has 1 aromatic carbocycles. The Morgan fingerprint density at radius 3 is 2.87 bits per heavy atom. The van der Waals surface area contributed by atoms with E-state index >= 15 is 0 Å². The van der Waals surface area contributed by atoms with Crippen LogP contribution in [0.25, 0.3) is 6.08 Å². The minimum Gasteiger partial charge on any atom is -0.466 e. The van der Waals surface area contributed by atoms with Crippen LogP contribution in [0.1, 0.15) is 36.7 Å². The zero-order valence-corrected chi connectivity index (χ0v) is 18.5. The maximum absolute atomic E-state index is 13.5. The molecule has 0 N–H and O–H groups in total. The largest absolute Gasteiger partial charge is 0.466 e.